The van der Waals surface area contributed by atoms with Crippen LogP contribution in [0.5, 0.6) is 5.75 Å². The Morgan fingerprint density at radius 2 is 1.31 bits per heavy atom. The molecule has 0 bridgehead atoms. The highest BCUT2D eigenvalue weighted by Crippen LogP contribution is 2.28. The van der Waals surface area contributed by atoms with Gasteiger partial charge in [-0.2, -0.15) is 13.2 Å². The summed E-state index contributed by atoms with van der Waals surface area (Å²) in [5.41, 5.74) is 6.06. The van der Waals surface area contributed by atoms with Gasteiger partial charge >= 0.3 is 18.2 Å². The molecule has 8 rings (SSSR count). The maximum atomic E-state index is 12.1. The number of halogens is 5. The number of carbonyl (C=O) groups excluding carboxylic acids is 3. The minimum absolute atomic E-state index is 0.121. The maximum Gasteiger partial charge on any atom is 0.471 e. The smallest absolute Gasteiger partial charge is 0.471 e. The molecule has 3 amide bonds. The van der Waals surface area contributed by atoms with E-state index in [1.807, 2.05) is 84.2 Å². The molecular formula is C52H60Cl2F3N7O6. The van der Waals surface area contributed by atoms with Crippen LogP contribution < -0.4 is 30.9 Å². The zero-order valence-electron chi connectivity index (χ0n) is 39.1. The lowest BCUT2D eigenvalue weighted by Crippen LogP contribution is -2.43. The first-order chi connectivity index (χ1) is 33.7. The molecule has 5 aromatic rings. The Morgan fingerprint density at radius 1 is 0.714 bits per heavy atom. The van der Waals surface area contributed by atoms with E-state index in [1.165, 1.54) is 17.7 Å². The van der Waals surface area contributed by atoms with Crippen molar-refractivity contribution in [1.29, 1.82) is 0 Å². The van der Waals surface area contributed by atoms with Gasteiger partial charge in [0.05, 0.1) is 18.2 Å². The van der Waals surface area contributed by atoms with Crippen LogP contribution in [-0.4, -0.2) is 113 Å². The molecule has 0 aliphatic carbocycles. The third kappa shape index (κ3) is 18.8. The van der Waals surface area contributed by atoms with Crippen molar-refractivity contribution >= 4 is 63.9 Å². The van der Waals surface area contributed by atoms with E-state index in [-0.39, 0.29) is 24.8 Å². The predicted molar refractivity (Wildman–Crippen MR) is 270 cm³/mol. The first-order valence-electron chi connectivity index (χ1n) is 23.2. The molecule has 0 unspecified atom stereocenters. The molecule has 4 N–H and O–H groups in total. The summed E-state index contributed by atoms with van der Waals surface area (Å²) in [6.45, 7) is 10.8. The standard InChI is InChI=1S/C20H23Cl2N3O2.C18H20N2O3.C14H17F3N2O/c1-24-8-10-25(11-9-24)13-15-2-5-17(6-3-15)23-20(26)14-27-19-7-4-16(21)12-18(19)22;21-18(23-14-15-4-2-1-3-5-15)19-16-6-8-17(9-7-16)20-10-12-22-13-11-20;15-14(16,17)13(20)19-12-3-1-10(2-4-12)9-11-5-7-18-8-6-11/h2-7,12H,8-11,13-14H2,1H3,(H,23,26);1-9H,10-14H2,(H,19,21);1-4,11,18H,5-9H2,(H,19,20). The SMILES string of the molecule is CN1CCN(Cc2ccc(NC(=O)COc3ccc(Cl)cc3Cl)cc2)CC1.O=C(Nc1ccc(CC2CCNCC2)cc1)C(F)(F)F.O=C(Nc1ccc(N2CCOCC2)cc1)OCc1ccccc1. The number of morpholine rings is 1. The molecule has 3 aliphatic rings. The van der Waals surface area contributed by atoms with Crippen molar-refractivity contribution in [2.75, 3.05) is 100 Å². The number of benzene rings is 5. The van der Waals surface area contributed by atoms with Crippen LogP contribution in [0.15, 0.2) is 121 Å². The summed E-state index contributed by atoms with van der Waals surface area (Å²) in [6.07, 6.45) is -2.14. The third-order valence-electron chi connectivity index (χ3n) is 11.6. The second-order valence-corrected chi connectivity index (χ2v) is 17.9. The van der Waals surface area contributed by atoms with Gasteiger partial charge in [-0.1, -0.05) is 77.8 Å². The fourth-order valence-electron chi connectivity index (χ4n) is 7.69. The Kier molecular flexibility index (Phi) is 21.0. The molecule has 374 valence electrons. The van der Waals surface area contributed by atoms with Crippen molar-refractivity contribution in [3.05, 3.63) is 148 Å². The van der Waals surface area contributed by atoms with Crippen molar-refractivity contribution in [1.82, 2.24) is 15.1 Å². The maximum absolute atomic E-state index is 12.1. The highest BCUT2D eigenvalue weighted by Gasteiger charge is 2.38. The fraction of sp³-hybridized carbons (Fsp3) is 0.365. The second kappa shape index (κ2) is 27.5. The van der Waals surface area contributed by atoms with E-state index in [1.54, 1.807) is 30.3 Å². The Bertz CT molecular complexity index is 2380. The van der Waals surface area contributed by atoms with Gasteiger partial charge in [-0.25, -0.2) is 4.79 Å². The van der Waals surface area contributed by atoms with Gasteiger partial charge in [-0.05, 0) is 129 Å². The Hall–Kier alpha value is -5.88. The monoisotopic (exact) mass is 1010 g/mol. The van der Waals surface area contributed by atoms with Crippen LogP contribution in [0.3, 0.4) is 0 Å². The molecule has 5 aromatic carbocycles. The summed E-state index contributed by atoms with van der Waals surface area (Å²) >= 11 is 11.9. The van der Waals surface area contributed by atoms with Gasteiger partial charge in [0.2, 0.25) is 0 Å². The number of hydrogen-bond donors (Lipinski definition) is 4. The third-order valence-corrected chi connectivity index (χ3v) is 12.2. The molecule has 18 heteroatoms. The normalized spacial score (nSPS) is 15.5. The average molecular weight is 1010 g/mol. The Balaban J connectivity index is 0.000000174. The van der Waals surface area contributed by atoms with Crippen molar-refractivity contribution in [3.63, 3.8) is 0 Å². The summed E-state index contributed by atoms with van der Waals surface area (Å²) in [5.74, 6) is -1.14. The van der Waals surface area contributed by atoms with Gasteiger partial charge < -0.3 is 40.0 Å². The van der Waals surface area contributed by atoms with Crippen LogP contribution >= 0.6 is 23.2 Å². The minimum atomic E-state index is -4.85. The number of carbonyl (C=O) groups is 3. The molecule has 3 saturated heterocycles. The lowest BCUT2D eigenvalue weighted by molar-refractivity contribution is -0.167. The number of likely N-dealkylation sites (N-methyl/N-ethyl adjacent to an activating group) is 1. The Labute approximate surface area is 417 Å². The van der Waals surface area contributed by atoms with Crippen LogP contribution in [-0.2, 0) is 38.6 Å². The van der Waals surface area contributed by atoms with Crippen molar-refractivity contribution in [3.8, 4) is 5.75 Å². The molecule has 13 nitrogen and oxygen atoms in total. The molecule has 0 atom stereocenters. The summed E-state index contributed by atoms with van der Waals surface area (Å²) in [7, 11) is 2.15. The van der Waals surface area contributed by atoms with Crippen LogP contribution in [0, 0.1) is 5.92 Å². The molecule has 3 aliphatic heterocycles. The number of alkyl halides is 3. The summed E-state index contributed by atoms with van der Waals surface area (Å²) in [6, 6.07) is 36.8. The topological polar surface area (TPSA) is 137 Å². The van der Waals surface area contributed by atoms with E-state index in [9.17, 15) is 27.6 Å². The van der Waals surface area contributed by atoms with Crippen molar-refractivity contribution < 1.29 is 41.8 Å². The molecule has 0 saturated carbocycles. The first-order valence-corrected chi connectivity index (χ1v) is 24.0. The Morgan fingerprint density at radius 3 is 1.94 bits per heavy atom. The first kappa shape index (κ1) is 53.5. The van der Waals surface area contributed by atoms with E-state index in [4.69, 9.17) is 37.4 Å². The number of nitrogens with one attached hydrogen (secondary N) is 4. The molecule has 3 heterocycles. The molecule has 0 spiro atoms. The molecule has 0 radical (unpaired) electrons. The zero-order chi connectivity index (χ0) is 49.7. The van der Waals surface area contributed by atoms with Gasteiger partial charge in [-0.3, -0.25) is 19.8 Å². The largest absolute Gasteiger partial charge is 0.482 e. The van der Waals surface area contributed by atoms with E-state index < -0.39 is 18.2 Å². The van der Waals surface area contributed by atoms with Gasteiger partial charge in [0.1, 0.15) is 12.4 Å². The number of hydrogen-bond acceptors (Lipinski definition) is 10. The number of piperidine rings is 1. The molecule has 0 aromatic heterocycles. The summed E-state index contributed by atoms with van der Waals surface area (Å²) < 4.78 is 52.3. The summed E-state index contributed by atoms with van der Waals surface area (Å²) in [5, 5.41) is 11.6. The molecular weight excluding hydrogens is 947 g/mol. The second-order valence-electron chi connectivity index (χ2n) is 17.1. The van der Waals surface area contributed by atoms with E-state index >= 15 is 0 Å². The number of amides is 3. The van der Waals surface area contributed by atoms with Crippen LogP contribution in [0.2, 0.25) is 10.0 Å². The quantitative estimate of drug-likeness (QED) is 0.0903. The predicted octanol–water partition coefficient (Wildman–Crippen LogP) is 9.76. The van der Waals surface area contributed by atoms with Gasteiger partial charge in [0, 0.05) is 73.6 Å². The highest BCUT2D eigenvalue weighted by molar-refractivity contribution is 6.35. The minimum Gasteiger partial charge on any atom is -0.482 e. The van der Waals surface area contributed by atoms with Crippen molar-refractivity contribution in [2.45, 2.75) is 38.6 Å². The van der Waals surface area contributed by atoms with Gasteiger partial charge in [-0.15, -0.1) is 0 Å². The summed E-state index contributed by atoms with van der Waals surface area (Å²) in [4.78, 5) is 41.7. The lowest BCUT2D eigenvalue weighted by atomic mass is 9.91. The number of anilines is 4. The van der Waals surface area contributed by atoms with E-state index in [0.29, 0.717) is 21.7 Å². The highest BCUT2D eigenvalue weighted by atomic mass is 35.5. The average Bonchev–Trinajstić information content (AvgIpc) is 3.36. The van der Waals surface area contributed by atoms with Gasteiger partial charge in [0.15, 0.2) is 6.61 Å². The van der Waals surface area contributed by atoms with E-state index in [0.717, 1.165) is 120 Å². The number of ether oxygens (including phenoxy) is 3. The van der Waals surface area contributed by atoms with E-state index in [2.05, 4.69) is 37.7 Å². The zero-order valence-corrected chi connectivity index (χ0v) is 40.6. The number of rotatable bonds is 13. The van der Waals surface area contributed by atoms with Crippen molar-refractivity contribution in [2.24, 2.45) is 5.92 Å². The number of piperazine rings is 1. The van der Waals surface area contributed by atoms with Crippen LogP contribution in [0.1, 0.15) is 29.5 Å². The van der Waals surface area contributed by atoms with Gasteiger partial charge in [0.25, 0.3) is 5.91 Å². The van der Waals surface area contributed by atoms with Crippen LogP contribution in [0.25, 0.3) is 0 Å². The molecule has 3 fully saturated rings. The molecule has 70 heavy (non-hydrogen) atoms. The fourth-order valence-corrected chi connectivity index (χ4v) is 8.15. The van der Waals surface area contributed by atoms with Crippen LogP contribution in [0.4, 0.5) is 40.7 Å². The number of nitrogens with zero attached hydrogens (tertiary/aromatic N) is 3. The lowest BCUT2D eigenvalue weighted by Gasteiger charge is -2.32.